The second-order valence-electron chi connectivity index (χ2n) is 8.58. The van der Waals surface area contributed by atoms with E-state index in [9.17, 15) is 14.7 Å². The lowest BCUT2D eigenvalue weighted by molar-refractivity contribution is -0.117. The van der Waals surface area contributed by atoms with Crippen molar-refractivity contribution >= 4 is 44.5 Å². The Balaban J connectivity index is 1.58. The van der Waals surface area contributed by atoms with Gasteiger partial charge in [-0.3, -0.25) is 14.5 Å². The highest BCUT2D eigenvalue weighted by atomic mass is 32.1. The van der Waals surface area contributed by atoms with Crippen LogP contribution in [0.5, 0.6) is 5.75 Å². The van der Waals surface area contributed by atoms with Gasteiger partial charge in [0, 0.05) is 0 Å². The van der Waals surface area contributed by atoms with E-state index >= 15 is 0 Å². The van der Waals surface area contributed by atoms with E-state index in [0.717, 1.165) is 21.3 Å². The molecule has 2 heterocycles. The molecule has 1 atom stereocenters. The van der Waals surface area contributed by atoms with Crippen LogP contribution >= 0.6 is 11.3 Å². The molecule has 7 heteroatoms. The van der Waals surface area contributed by atoms with Crippen molar-refractivity contribution in [3.63, 3.8) is 0 Å². The van der Waals surface area contributed by atoms with Crippen LogP contribution in [0.1, 0.15) is 22.7 Å². The van der Waals surface area contributed by atoms with E-state index in [1.165, 1.54) is 22.3 Å². The van der Waals surface area contributed by atoms with Gasteiger partial charge in [0.1, 0.15) is 12.4 Å². The number of aromatic nitrogens is 1. The molecule has 6 nitrogen and oxygen atoms in total. The Bertz CT molecular complexity index is 1550. The molecule has 1 aromatic heterocycles. The molecule has 1 aliphatic heterocycles. The van der Waals surface area contributed by atoms with Crippen LogP contribution in [-0.4, -0.2) is 28.4 Å². The number of thiazole rings is 1. The van der Waals surface area contributed by atoms with Crippen LogP contribution in [0.4, 0.5) is 5.13 Å². The predicted molar refractivity (Wildman–Crippen MR) is 147 cm³/mol. The van der Waals surface area contributed by atoms with E-state index in [4.69, 9.17) is 4.74 Å². The number of nitrogens with zero attached hydrogens (tertiary/aromatic N) is 2. The minimum atomic E-state index is -0.851. The number of ketones is 1. The van der Waals surface area contributed by atoms with Gasteiger partial charge < -0.3 is 9.84 Å². The van der Waals surface area contributed by atoms with Gasteiger partial charge in [0.05, 0.1) is 21.8 Å². The largest absolute Gasteiger partial charge is 0.503 e. The number of aliphatic hydroxyl groups excluding tert-OH is 1. The second kappa shape index (κ2) is 10.2. The van der Waals surface area contributed by atoms with E-state index in [1.54, 1.807) is 36.4 Å². The summed E-state index contributed by atoms with van der Waals surface area (Å²) in [6.45, 7) is 6.00. The molecule has 0 aliphatic carbocycles. The molecule has 0 saturated heterocycles. The normalized spacial score (nSPS) is 15.6. The first-order chi connectivity index (χ1) is 18.0. The fourth-order valence-electron chi connectivity index (χ4n) is 4.22. The molecule has 5 rings (SSSR count). The van der Waals surface area contributed by atoms with Crippen molar-refractivity contribution in [2.45, 2.75) is 13.0 Å². The first-order valence-electron chi connectivity index (χ1n) is 11.7. The molecule has 0 fully saturated rings. The zero-order valence-corrected chi connectivity index (χ0v) is 20.9. The molecule has 4 aromatic rings. The summed E-state index contributed by atoms with van der Waals surface area (Å²) in [6, 6.07) is 21.5. The molecule has 184 valence electrons. The fraction of sp³-hybridized carbons (Fsp3) is 0.100. The van der Waals surface area contributed by atoms with Crippen molar-refractivity contribution in [2.24, 2.45) is 0 Å². The van der Waals surface area contributed by atoms with Crippen LogP contribution in [0.15, 0.2) is 103 Å². The highest BCUT2D eigenvalue weighted by Crippen LogP contribution is 2.44. The van der Waals surface area contributed by atoms with Crippen LogP contribution in [0, 0.1) is 6.92 Å². The number of hydrogen-bond donors (Lipinski definition) is 1. The summed E-state index contributed by atoms with van der Waals surface area (Å²) >= 11 is 1.34. The Morgan fingerprint density at radius 1 is 1.14 bits per heavy atom. The summed E-state index contributed by atoms with van der Waals surface area (Å²) in [7, 11) is 0. The van der Waals surface area contributed by atoms with Crippen LogP contribution in [-0.2, 0) is 9.59 Å². The number of hydrogen-bond acceptors (Lipinski definition) is 6. The summed E-state index contributed by atoms with van der Waals surface area (Å²) in [6.07, 6.45) is 4.70. The standard InChI is InChI=1S/C30H24N2O4S/c1-3-17-36-22-13-11-21(12-14-22)27-26(24(33)16-10-20-7-5-4-6-8-20)28(34)29(35)32(27)30-31-23-15-9-19(2)18-25(23)37-30/h3-16,18,27,34H,1,17H2,2H3/b16-10+. The Labute approximate surface area is 218 Å². The summed E-state index contributed by atoms with van der Waals surface area (Å²) < 4.78 is 6.51. The van der Waals surface area contributed by atoms with Crippen molar-refractivity contribution in [2.75, 3.05) is 11.5 Å². The van der Waals surface area contributed by atoms with Crippen molar-refractivity contribution in [3.8, 4) is 5.75 Å². The second-order valence-corrected chi connectivity index (χ2v) is 9.59. The SMILES string of the molecule is C=CCOc1ccc(C2C(C(=O)/C=C/c3ccccc3)=C(O)C(=O)N2c2nc3ccc(C)cc3s2)cc1. The van der Waals surface area contributed by atoms with Crippen LogP contribution in [0.3, 0.4) is 0 Å². The zero-order valence-electron chi connectivity index (χ0n) is 20.1. The van der Waals surface area contributed by atoms with Crippen LogP contribution < -0.4 is 9.64 Å². The maximum atomic E-state index is 13.4. The van der Waals surface area contributed by atoms with Crippen molar-refractivity contribution in [1.29, 1.82) is 0 Å². The lowest BCUT2D eigenvalue weighted by atomic mass is 9.95. The monoisotopic (exact) mass is 508 g/mol. The number of fused-ring (bicyclic) bond motifs is 1. The van der Waals surface area contributed by atoms with Crippen LogP contribution in [0.2, 0.25) is 0 Å². The lowest BCUT2D eigenvalue weighted by Crippen LogP contribution is -2.30. The Hall–Kier alpha value is -4.49. The fourth-order valence-corrected chi connectivity index (χ4v) is 5.31. The van der Waals surface area contributed by atoms with Gasteiger partial charge in [-0.05, 0) is 54.0 Å². The third-order valence-electron chi connectivity index (χ3n) is 6.00. The number of allylic oxidation sites excluding steroid dienone is 1. The quantitative estimate of drug-likeness (QED) is 0.222. The molecule has 0 saturated carbocycles. The Kier molecular flexibility index (Phi) is 6.70. The molecule has 1 unspecified atom stereocenters. The topological polar surface area (TPSA) is 79.7 Å². The van der Waals surface area contributed by atoms with Gasteiger partial charge in [-0.1, -0.05) is 78.6 Å². The maximum absolute atomic E-state index is 13.4. The van der Waals surface area contributed by atoms with Crippen molar-refractivity contribution in [1.82, 2.24) is 4.98 Å². The number of amides is 1. The molecule has 37 heavy (non-hydrogen) atoms. The molecule has 1 aliphatic rings. The van der Waals surface area contributed by atoms with Crippen molar-refractivity contribution < 1.29 is 19.4 Å². The van der Waals surface area contributed by atoms with Gasteiger partial charge >= 0.3 is 0 Å². The summed E-state index contributed by atoms with van der Waals surface area (Å²) in [5.41, 5.74) is 3.31. The number of ether oxygens (including phenoxy) is 1. The van der Waals surface area contributed by atoms with Gasteiger partial charge in [0.25, 0.3) is 5.91 Å². The molecule has 0 spiro atoms. The molecular weight excluding hydrogens is 484 g/mol. The molecular formula is C30H24N2O4S. The highest BCUT2D eigenvalue weighted by molar-refractivity contribution is 7.22. The van der Waals surface area contributed by atoms with E-state index in [1.807, 2.05) is 55.5 Å². The summed E-state index contributed by atoms with van der Waals surface area (Å²) in [4.78, 5) is 32.9. The predicted octanol–water partition coefficient (Wildman–Crippen LogP) is 6.35. The van der Waals surface area contributed by atoms with Crippen molar-refractivity contribution in [3.05, 3.63) is 120 Å². The van der Waals surface area contributed by atoms with Gasteiger partial charge in [0.15, 0.2) is 16.7 Å². The average molecular weight is 509 g/mol. The number of rotatable bonds is 8. The van der Waals surface area contributed by atoms with Crippen LogP contribution in [0.25, 0.3) is 16.3 Å². The van der Waals surface area contributed by atoms with Gasteiger partial charge in [-0.25, -0.2) is 4.98 Å². The highest BCUT2D eigenvalue weighted by Gasteiger charge is 2.45. The Morgan fingerprint density at radius 2 is 1.89 bits per heavy atom. The zero-order chi connectivity index (χ0) is 25.9. The number of benzene rings is 3. The van der Waals surface area contributed by atoms with Gasteiger partial charge in [-0.15, -0.1) is 0 Å². The van der Waals surface area contributed by atoms with Gasteiger partial charge in [-0.2, -0.15) is 0 Å². The minimum Gasteiger partial charge on any atom is -0.503 e. The smallest absolute Gasteiger partial charge is 0.296 e. The van der Waals surface area contributed by atoms with E-state index < -0.39 is 23.5 Å². The molecule has 0 radical (unpaired) electrons. The number of anilines is 1. The third-order valence-corrected chi connectivity index (χ3v) is 7.02. The summed E-state index contributed by atoms with van der Waals surface area (Å²) in [5, 5.41) is 11.4. The van der Waals surface area contributed by atoms with E-state index in [2.05, 4.69) is 11.6 Å². The summed E-state index contributed by atoms with van der Waals surface area (Å²) in [5.74, 6) is -1.06. The number of carbonyl (C=O) groups is 2. The third kappa shape index (κ3) is 4.81. The molecule has 1 amide bonds. The minimum absolute atomic E-state index is 0.00683. The van der Waals surface area contributed by atoms with Gasteiger partial charge in [0.2, 0.25) is 0 Å². The first kappa shape index (κ1) is 24.2. The molecule has 1 N–H and O–H groups in total. The first-order valence-corrected chi connectivity index (χ1v) is 12.5. The average Bonchev–Trinajstić information content (AvgIpc) is 3.44. The molecule has 3 aromatic carbocycles. The van der Waals surface area contributed by atoms with E-state index in [0.29, 0.717) is 23.1 Å². The number of aryl methyl sites for hydroxylation is 1. The lowest BCUT2D eigenvalue weighted by Gasteiger charge is -2.24. The number of aliphatic hydroxyl groups is 1. The van der Waals surface area contributed by atoms with E-state index in [-0.39, 0.29) is 5.57 Å². The Morgan fingerprint density at radius 3 is 2.62 bits per heavy atom. The molecule has 0 bridgehead atoms. The maximum Gasteiger partial charge on any atom is 0.296 e. The number of carbonyl (C=O) groups excluding carboxylic acids is 2.